The van der Waals surface area contributed by atoms with Gasteiger partial charge in [0.25, 0.3) is 0 Å². The smallest absolute Gasteiger partial charge is 0.336 e. The summed E-state index contributed by atoms with van der Waals surface area (Å²) < 4.78 is 29.0. The van der Waals surface area contributed by atoms with Crippen LogP contribution in [0.15, 0.2) is 52.7 Å². The summed E-state index contributed by atoms with van der Waals surface area (Å²) in [5.74, 6) is 0.871. The molecule has 2 aliphatic rings. The standard InChI is InChI=1S/C29H35NO7/c1-18-7-5-8-21(27(18)29(31)32)16-35-22-9-6-10-23(14-22)36-17-24-19(2)15-37-28(30-24)20-11-12-25(33-3)26(13-20)34-4/h5,7-8,11-13,22-23H,6,9-10,14-17H2,1-4H3,(H,31,32). The summed E-state index contributed by atoms with van der Waals surface area (Å²) in [4.78, 5) is 16.4. The van der Waals surface area contributed by atoms with Crippen molar-refractivity contribution >= 4 is 11.9 Å². The Kier molecular flexibility index (Phi) is 8.84. The number of methoxy groups -OCH3 is 2. The molecule has 8 nitrogen and oxygen atoms in total. The summed E-state index contributed by atoms with van der Waals surface area (Å²) in [7, 11) is 3.20. The zero-order valence-corrected chi connectivity index (χ0v) is 21.9. The van der Waals surface area contributed by atoms with Gasteiger partial charge in [0, 0.05) is 5.56 Å². The number of rotatable bonds is 10. The Labute approximate surface area is 217 Å². The highest BCUT2D eigenvalue weighted by atomic mass is 16.5. The Hall–Kier alpha value is -3.36. The molecule has 0 bridgehead atoms. The SMILES string of the molecule is COc1ccc(C2=NC(COC3CCCC(OCc4cccc(C)c4C(=O)O)C3)=C(C)CO2)cc1OC. The minimum absolute atomic E-state index is 0.0245. The summed E-state index contributed by atoms with van der Waals surface area (Å²) in [6.07, 6.45) is 3.74. The number of hydrogen-bond donors (Lipinski definition) is 1. The van der Waals surface area contributed by atoms with Gasteiger partial charge in [0.2, 0.25) is 5.90 Å². The van der Waals surface area contributed by atoms with Crippen molar-refractivity contribution < 1.29 is 33.6 Å². The van der Waals surface area contributed by atoms with Crippen LogP contribution < -0.4 is 9.47 Å². The van der Waals surface area contributed by atoms with Crippen molar-refractivity contribution in [2.24, 2.45) is 4.99 Å². The van der Waals surface area contributed by atoms with E-state index in [0.29, 0.717) is 41.7 Å². The average Bonchev–Trinajstić information content (AvgIpc) is 2.91. The zero-order valence-electron chi connectivity index (χ0n) is 21.9. The Morgan fingerprint density at radius 1 is 1.03 bits per heavy atom. The van der Waals surface area contributed by atoms with Gasteiger partial charge < -0.3 is 28.8 Å². The van der Waals surface area contributed by atoms with E-state index in [2.05, 4.69) is 0 Å². The van der Waals surface area contributed by atoms with Crippen molar-refractivity contribution in [3.63, 3.8) is 0 Å². The van der Waals surface area contributed by atoms with Crippen LogP contribution in [0.25, 0.3) is 0 Å². The number of carboxylic acids is 1. The number of nitrogens with zero attached hydrogens (tertiary/aromatic N) is 1. The number of ether oxygens (including phenoxy) is 5. The van der Waals surface area contributed by atoms with E-state index < -0.39 is 5.97 Å². The van der Waals surface area contributed by atoms with Gasteiger partial charge in [-0.2, -0.15) is 0 Å². The molecule has 1 heterocycles. The van der Waals surface area contributed by atoms with Crippen LogP contribution >= 0.6 is 0 Å². The maximum absolute atomic E-state index is 11.7. The molecule has 37 heavy (non-hydrogen) atoms. The quantitative estimate of drug-likeness (QED) is 0.464. The van der Waals surface area contributed by atoms with Gasteiger partial charge in [-0.05, 0) is 74.4 Å². The molecule has 0 spiro atoms. The maximum atomic E-state index is 11.7. The van der Waals surface area contributed by atoms with Crippen molar-refractivity contribution in [1.29, 1.82) is 0 Å². The number of aliphatic imine (C=N–C) groups is 1. The fraction of sp³-hybridized carbons (Fsp3) is 0.448. The van der Waals surface area contributed by atoms with E-state index in [1.807, 2.05) is 50.2 Å². The van der Waals surface area contributed by atoms with Crippen LogP contribution in [-0.4, -0.2) is 56.6 Å². The molecule has 2 unspecified atom stereocenters. The largest absolute Gasteiger partial charge is 0.493 e. The van der Waals surface area contributed by atoms with E-state index >= 15 is 0 Å². The van der Waals surface area contributed by atoms with Crippen molar-refractivity contribution in [2.45, 2.75) is 58.3 Å². The molecule has 0 saturated heterocycles. The van der Waals surface area contributed by atoms with Crippen molar-refractivity contribution in [3.05, 3.63) is 69.9 Å². The van der Waals surface area contributed by atoms with Crippen molar-refractivity contribution in [3.8, 4) is 11.5 Å². The molecule has 1 aliphatic heterocycles. The number of aromatic carboxylic acids is 1. The molecule has 2 aromatic rings. The number of carbonyl (C=O) groups is 1. The number of hydrogen-bond acceptors (Lipinski definition) is 7. The summed E-state index contributed by atoms with van der Waals surface area (Å²) in [6.45, 7) is 4.93. The highest BCUT2D eigenvalue weighted by Crippen LogP contribution is 2.30. The van der Waals surface area contributed by atoms with E-state index in [4.69, 9.17) is 28.7 Å². The summed E-state index contributed by atoms with van der Waals surface area (Å²) in [5, 5.41) is 9.57. The minimum atomic E-state index is -0.922. The third kappa shape index (κ3) is 6.50. The second-order valence-corrected chi connectivity index (χ2v) is 9.45. The molecular formula is C29H35NO7. The lowest BCUT2D eigenvalue weighted by molar-refractivity contribution is -0.0458. The average molecular weight is 510 g/mol. The first-order valence-electron chi connectivity index (χ1n) is 12.6. The van der Waals surface area contributed by atoms with Gasteiger partial charge >= 0.3 is 5.97 Å². The fourth-order valence-electron chi connectivity index (χ4n) is 4.75. The molecule has 8 heteroatoms. The highest BCUT2D eigenvalue weighted by molar-refractivity contribution is 5.96. The lowest BCUT2D eigenvalue weighted by atomic mass is 9.94. The Balaban J connectivity index is 1.36. The molecule has 2 atom stereocenters. The van der Waals surface area contributed by atoms with Gasteiger partial charge in [-0.15, -0.1) is 0 Å². The lowest BCUT2D eigenvalue weighted by Gasteiger charge is -2.30. The third-order valence-corrected chi connectivity index (χ3v) is 6.87. The van der Waals surface area contributed by atoms with Crippen LogP contribution in [0.4, 0.5) is 0 Å². The number of carboxylic acid groups (broad SMARTS) is 1. The minimum Gasteiger partial charge on any atom is -0.493 e. The predicted molar refractivity (Wildman–Crippen MR) is 140 cm³/mol. The second kappa shape index (κ2) is 12.3. The number of benzene rings is 2. The first-order valence-corrected chi connectivity index (χ1v) is 12.6. The molecule has 1 saturated carbocycles. The van der Waals surface area contributed by atoms with E-state index in [1.54, 1.807) is 14.2 Å². The van der Waals surface area contributed by atoms with E-state index in [1.165, 1.54) is 0 Å². The van der Waals surface area contributed by atoms with Crippen molar-refractivity contribution in [1.82, 2.24) is 0 Å². The summed E-state index contributed by atoms with van der Waals surface area (Å²) in [5.41, 5.74) is 4.49. The number of aryl methyl sites for hydroxylation is 1. The normalized spacial score (nSPS) is 19.7. The first-order chi connectivity index (χ1) is 17.9. The molecular weight excluding hydrogens is 474 g/mol. The Morgan fingerprint density at radius 2 is 1.76 bits per heavy atom. The second-order valence-electron chi connectivity index (χ2n) is 9.45. The molecule has 198 valence electrons. The third-order valence-electron chi connectivity index (χ3n) is 6.87. The van der Waals surface area contributed by atoms with Crippen LogP contribution in [0.3, 0.4) is 0 Å². The molecule has 1 aliphatic carbocycles. The van der Waals surface area contributed by atoms with Gasteiger partial charge in [-0.1, -0.05) is 18.2 Å². The van der Waals surface area contributed by atoms with Crippen LogP contribution in [-0.2, 0) is 20.8 Å². The Morgan fingerprint density at radius 3 is 2.46 bits per heavy atom. The van der Waals surface area contributed by atoms with Gasteiger partial charge in [-0.25, -0.2) is 9.79 Å². The van der Waals surface area contributed by atoms with Gasteiger partial charge in [0.15, 0.2) is 11.5 Å². The maximum Gasteiger partial charge on any atom is 0.336 e. The van der Waals surface area contributed by atoms with Crippen LogP contribution in [0.2, 0.25) is 0 Å². The van der Waals surface area contributed by atoms with Gasteiger partial charge in [0.1, 0.15) is 6.61 Å². The Bertz CT molecular complexity index is 1190. The van der Waals surface area contributed by atoms with Crippen molar-refractivity contribution in [2.75, 3.05) is 27.4 Å². The molecule has 0 amide bonds. The molecule has 1 fully saturated rings. The van der Waals surface area contributed by atoms with E-state index in [9.17, 15) is 9.90 Å². The van der Waals surface area contributed by atoms with Crippen LogP contribution in [0.5, 0.6) is 11.5 Å². The van der Waals surface area contributed by atoms with Crippen LogP contribution in [0.1, 0.15) is 59.7 Å². The van der Waals surface area contributed by atoms with E-state index in [0.717, 1.165) is 48.1 Å². The van der Waals surface area contributed by atoms with Gasteiger partial charge in [0.05, 0.1) is 50.9 Å². The highest BCUT2D eigenvalue weighted by Gasteiger charge is 2.25. The molecule has 0 radical (unpaired) electrons. The summed E-state index contributed by atoms with van der Waals surface area (Å²) >= 11 is 0. The first kappa shape index (κ1) is 26.7. The monoisotopic (exact) mass is 509 g/mol. The predicted octanol–water partition coefficient (Wildman–Crippen LogP) is 5.31. The van der Waals surface area contributed by atoms with Gasteiger partial charge in [-0.3, -0.25) is 0 Å². The molecule has 4 rings (SSSR count). The van der Waals surface area contributed by atoms with E-state index in [-0.39, 0.29) is 18.8 Å². The fourth-order valence-corrected chi connectivity index (χ4v) is 4.75. The molecule has 0 aromatic heterocycles. The lowest BCUT2D eigenvalue weighted by Crippen LogP contribution is -2.29. The zero-order chi connectivity index (χ0) is 26.4. The topological polar surface area (TPSA) is 95.8 Å². The molecule has 2 aromatic carbocycles. The molecule has 1 N–H and O–H groups in total. The summed E-state index contributed by atoms with van der Waals surface area (Å²) in [6, 6.07) is 11.1. The van der Waals surface area contributed by atoms with Crippen LogP contribution in [0, 0.1) is 6.92 Å².